The molecule has 2 aromatic carbocycles. The number of carbonyl (C=O) groups excluding carboxylic acids is 2. The van der Waals surface area contributed by atoms with Crippen LogP contribution in [0.1, 0.15) is 32.0 Å². The number of nitrogens with zero attached hydrogens (tertiary/aromatic N) is 2. The van der Waals surface area contributed by atoms with Gasteiger partial charge in [0.2, 0.25) is 0 Å². The second-order valence-electron chi connectivity index (χ2n) is 6.27. The Hall–Kier alpha value is -3.21. The fourth-order valence-electron chi connectivity index (χ4n) is 2.94. The smallest absolute Gasteiger partial charge is 0.254 e. The van der Waals surface area contributed by atoms with E-state index in [0.717, 1.165) is 22.2 Å². The zero-order valence-corrected chi connectivity index (χ0v) is 15.1. The molecule has 0 saturated heterocycles. The maximum absolute atomic E-state index is 13.0. The number of hydrogen-bond donors (Lipinski definition) is 1. The van der Waals surface area contributed by atoms with Crippen molar-refractivity contribution in [2.75, 3.05) is 14.1 Å². The number of carbonyl (C=O) groups is 2. The molecule has 0 spiro atoms. The Morgan fingerprint density at radius 1 is 1.08 bits per heavy atom. The Kier molecular flexibility index (Phi) is 4.98. The monoisotopic (exact) mass is 347 g/mol. The second-order valence-corrected chi connectivity index (χ2v) is 6.27. The summed E-state index contributed by atoms with van der Waals surface area (Å²) >= 11 is 0. The van der Waals surface area contributed by atoms with Gasteiger partial charge in [0.1, 0.15) is 0 Å². The third-order valence-electron chi connectivity index (χ3n) is 4.28. The Balaban J connectivity index is 1.83. The summed E-state index contributed by atoms with van der Waals surface area (Å²) < 4.78 is 0. The van der Waals surface area contributed by atoms with Crippen molar-refractivity contribution >= 4 is 22.7 Å². The lowest BCUT2D eigenvalue weighted by Crippen LogP contribution is -2.26. The molecule has 0 radical (unpaired) electrons. The van der Waals surface area contributed by atoms with Crippen molar-refractivity contribution in [2.45, 2.75) is 13.5 Å². The molecule has 132 valence electrons. The standard InChI is InChI=1S/C21H21N3O2/c1-14-12-18(17-6-4-5-7-19(17)23-14)21(26)24(3)13-15-8-10-16(11-9-15)20(25)22-2/h4-12H,13H2,1-3H3,(H,22,25). The van der Waals surface area contributed by atoms with Gasteiger partial charge in [-0.1, -0.05) is 30.3 Å². The fraction of sp³-hybridized carbons (Fsp3) is 0.190. The van der Waals surface area contributed by atoms with Gasteiger partial charge >= 0.3 is 0 Å². The first-order chi connectivity index (χ1) is 12.5. The van der Waals surface area contributed by atoms with Crippen LogP contribution in [0.15, 0.2) is 54.6 Å². The SMILES string of the molecule is CNC(=O)c1ccc(CN(C)C(=O)c2cc(C)nc3ccccc23)cc1. The van der Waals surface area contributed by atoms with E-state index in [1.165, 1.54) is 0 Å². The van der Waals surface area contributed by atoms with E-state index in [1.807, 2.05) is 49.4 Å². The lowest BCUT2D eigenvalue weighted by atomic mass is 10.1. The predicted molar refractivity (Wildman–Crippen MR) is 102 cm³/mol. The molecule has 1 aromatic heterocycles. The molecule has 0 saturated carbocycles. The van der Waals surface area contributed by atoms with Crippen molar-refractivity contribution in [2.24, 2.45) is 0 Å². The summed E-state index contributed by atoms with van der Waals surface area (Å²) in [6.45, 7) is 2.35. The average molecular weight is 347 g/mol. The van der Waals surface area contributed by atoms with E-state index in [1.54, 1.807) is 31.1 Å². The molecule has 3 rings (SSSR count). The quantitative estimate of drug-likeness (QED) is 0.788. The van der Waals surface area contributed by atoms with E-state index in [2.05, 4.69) is 10.3 Å². The van der Waals surface area contributed by atoms with E-state index < -0.39 is 0 Å². The van der Waals surface area contributed by atoms with Crippen molar-refractivity contribution in [1.82, 2.24) is 15.2 Å². The van der Waals surface area contributed by atoms with Crippen LogP contribution in [0.25, 0.3) is 10.9 Å². The highest BCUT2D eigenvalue weighted by atomic mass is 16.2. The first-order valence-electron chi connectivity index (χ1n) is 8.42. The van der Waals surface area contributed by atoms with Gasteiger partial charge in [-0.2, -0.15) is 0 Å². The van der Waals surface area contributed by atoms with Gasteiger partial charge in [-0.15, -0.1) is 0 Å². The zero-order valence-electron chi connectivity index (χ0n) is 15.1. The first kappa shape index (κ1) is 17.6. The zero-order chi connectivity index (χ0) is 18.7. The van der Waals surface area contributed by atoms with Crippen LogP contribution in [-0.4, -0.2) is 35.8 Å². The molecule has 5 heteroatoms. The number of nitrogens with one attached hydrogen (secondary N) is 1. The number of fused-ring (bicyclic) bond motifs is 1. The minimum absolute atomic E-state index is 0.0536. The van der Waals surface area contributed by atoms with Crippen LogP contribution in [0.2, 0.25) is 0 Å². The highest BCUT2D eigenvalue weighted by molar-refractivity contribution is 6.06. The van der Waals surface area contributed by atoms with Crippen LogP contribution in [0.3, 0.4) is 0 Å². The summed E-state index contributed by atoms with van der Waals surface area (Å²) in [5, 5.41) is 3.45. The number of amides is 2. The first-order valence-corrected chi connectivity index (χ1v) is 8.42. The van der Waals surface area contributed by atoms with E-state index >= 15 is 0 Å². The van der Waals surface area contributed by atoms with Gasteiger partial charge in [-0.3, -0.25) is 14.6 Å². The molecule has 0 aliphatic heterocycles. The molecule has 0 atom stereocenters. The molecule has 3 aromatic rings. The largest absolute Gasteiger partial charge is 0.355 e. The lowest BCUT2D eigenvalue weighted by molar-refractivity contribution is 0.0786. The minimum atomic E-state index is -0.125. The van der Waals surface area contributed by atoms with Crippen molar-refractivity contribution in [3.63, 3.8) is 0 Å². The predicted octanol–water partition coefficient (Wildman–Crippen LogP) is 3.18. The molecule has 5 nitrogen and oxygen atoms in total. The van der Waals surface area contributed by atoms with Crippen LogP contribution >= 0.6 is 0 Å². The van der Waals surface area contributed by atoms with E-state index in [0.29, 0.717) is 17.7 Å². The Bertz CT molecular complexity index is 965. The molecule has 1 heterocycles. The third kappa shape index (κ3) is 3.57. The molecule has 26 heavy (non-hydrogen) atoms. The number of aromatic nitrogens is 1. The normalized spacial score (nSPS) is 10.6. The lowest BCUT2D eigenvalue weighted by Gasteiger charge is -2.19. The Morgan fingerprint density at radius 3 is 2.46 bits per heavy atom. The molecular formula is C21H21N3O2. The summed E-state index contributed by atoms with van der Waals surface area (Å²) in [5.41, 5.74) is 3.84. The molecular weight excluding hydrogens is 326 g/mol. The van der Waals surface area contributed by atoms with Crippen LogP contribution in [0.4, 0.5) is 0 Å². The summed E-state index contributed by atoms with van der Waals surface area (Å²) in [7, 11) is 3.38. The number of hydrogen-bond acceptors (Lipinski definition) is 3. The number of pyridine rings is 1. The number of aryl methyl sites for hydroxylation is 1. The van der Waals surface area contributed by atoms with E-state index in [9.17, 15) is 9.59 Å². The van der Waals surface area contributed by atoms with Crippen LogP contribution in [0, 0.1) is 6.92 Å². The van der Waals surface area contributed by atoms with Crippen molar-refractivity contribution < 1.29 is 9.59 Å². The molecule has 0 fully saturated rings. The van der Waals surface area contributed by atoms with Gasteiger partial charge in [0.25, 0.3) is 11.8 Å². The van der Waals surface area contributed by atoms with E-state index in [-0.39, 0.29) is 11.8 Å². The van der Waals surface area contributed by atoms with Crippen LogP contribution in [-0.2, 0) is 6.54 Å². The van der Waals surface area contributed by atoms with Crippen molar-refractivity contribution in [3.8, 4) is 0 Å². The van der Waals surface area contributed by atoms with Gasteiger partial charge in [-0.25, -0.2) is 0 Å². The molecule has 1 N–H and O–H groups in total. The average Bonchev–Trinajstić information content (AvgIpc) is 2.66. The summed E-state index contributed by atoms with van der Waals surface area (Å²) in [4.78, 5) is 30.8. The molecule has 2 amide bonds. The van der Waals surface area contributed by atoms with E-state index in [4.69, 9.17) is 0 Å². The topological polar surface area (TPSA) is 62.3 Å². The molecule has 0 aliphatic rings. The molecule has 0 aliphatic carbocycles. The highest BCUT2D eigenvalue weighted by Crippen LogP contribution is 2.20. The Labute approximate surface area is 152 Å². The fourth-order valence-corrected chi connectivity index (χ4v) is 2.94. The minimum Gasteiger partial charge on any atom is -0.355 e. The van der Waals surface area contributed by atoms with Gasteiger partial charge in [-0.05, 0) is 36.8 Å². The Morgan fingerprint density at radius 2 is 1.77 bits per heavy atom. The number of benzene rings is 2. The molecule has 0 unspecified atom stereocenters. The second kappa shape index (κ2) is 7.35. The summed E-state index contributed by atoms with van der Waals surface area (Å²) in [6, 6.07) is 16.7. The third-order valence-corrected chi connectivity index (χ3v) is 4.28. The van der Waals surface area contributed by atoms with Crippen molar-refractivity contribution in [1.29, 1.82) is 0 Å². The van der Waals surface area contributed by atoms with Crippen molar-refractivity contribution in [3.05, 3.63) is 77.0 Å². The number of rotatable bonds is 4. The highest BCUT2D eigenvalue weighted by Gasteiger charge is 2.16. The number of para-hydroxylation sites is 1. The summed E-state index contributed by atoms with van der Waals surface area (Å²) in [6.07, 6.45) is 0. The maximum atomic E-state index is 13.0. The molecule has 0 bridgehead atoms. The maximum Gasteiger partial charge on any atom is 0.254 e. The van der Waals surface area contributed by atoms with Gasteiger partial charge in [0.05, 0.1) is 11.1 Å². The van der Waals surface area contributed by atoms with Gasteiger partial charge < -0.3 is 10.2 Å². The van der Waals surface area contributed by atoms with Crippen LogP contribution < -0.4 is 5.32 Å². The van der Waals surface area contributed by atoms with Gasteiger partial charge in [0.15, 0.2) is 0 Å². The summed E-state index contributed by atoms with van der Waals surface area (Å²) in [5.74, 6) is -0.179. The van der Waals surface area contributed by atoms with Gasteiger partial charge in [0, 0.05) is 37.3 Å². The van der Waals surface area contributed by atoms with Crippen LogP contribution in [0.5, 0.6) is 0 Å².